The Hall–Kier alpha value is -2.35. The minimum atomic E-state index is -0.738. The molecule has 0 saturated heterocycles. The van der Waals surface area contributed by atoms with E-state index in [0.717, 1.165) is 13.0 Å². The molecule has 1 aliphatic rings. The molecule has 0 aliphatic carbocycles. The van der Waals surface area contributed by atoms with Gasteiger partial charge in [0.1, 0.15) is 0 Å². The summed E-state index contributed by atoms with van der Waals surface area (Å²) in [6.45, 7) is 8.04. The van der Waals surface area contributed by atoms with Crippen LogP contribution in [0, 0.1) is 0 Å². The zero-order valence-corrected chi connectivity index (χ0v) is 19.3. The van der Waals surface area contributed by atoms with Crippen molar-refractivity contribution in [2.75, 3.05) is 40.0 Å². The van der Waals surface area contributed by atoms with Crippen molar-refractivity contribution in [2.24, 2.45) is 0 Å². The number of rotatable bonds is 11. The first-order chi connectivity index (χ1) is 15.0. The number of dihydropyridines is 1. The topological polar surface area (TPSA) is 85.9 Å². The van der Waals surface area contributed by atoms with Gasteiger partial charge in [0.05, 0.1) is 49.7 Å². The molecule has 1 atom stereocenters. The van der Waals surface area contributed by atoms with Gasteiger partial charge in [0.15, 0.2) is 0 Å². The molecule has 1 heterocycles. The Morgan fingerprint density at radius 3 is 2.52 bits per heavy atom. The number of nitrogens with one attached hydrogen (secondary N) is 2. The predicted octanol–water partition coefficient (Wildman–Crippen LogP) is 3.31. The summed E-state index contributed by atoms with van der Waals surface area (Å²) in [5.74, 6) is -1.81. The van der Waals surface area contributed by atoms with Crippen LogP contribution < -0.4 is 10.6 Å². The van der Waals surface area contributed by atoms with Crippen molar-refractivity contribution in [3.8, 4) is 0 Å². The summed E-state index contributed by atoms with van der Waals surface area (Å²) in [4.78, 5) is 25.7. The van der Waals surface area contributed by atoms with Crippen LogP contribution in [-0.4, -0.2) is 52.0 Å². The molecule has 170 valence electrons. The standard InChI is InChI=1S/C23H31ClN2O5/c1-5-11-25-12-13-30-14-18-21(23(28)31-6-2)20(16-9-7-8-10-17(16)24)19(15(3)26-18)22(27)29-4/h7-10,20,25-26H,5-6,11-14H2,1-4H3/t20-/m0/s1. The van der Waals surface area contributed by atoms with Crippen LogP contribution in [0.4, 0.5) is 0 Å². The van der Waals surface area contributed by atoms with Crippen LogP contribution in [0.1, 0.15) is 38.7 Å². The van der Waals surface area contributed by atoms with E-state index in [2.05, 4.69) is 17.6 Å². The highest BCUT2D eigenvalue weighted by atomic mass is 35.5. The van der Waals surface area contributed by atoms with Crippen molar-refractivity contribution in [1.29, 1.82) is 0 Å². The van der Waals surface area contributed by atoms with Gasteiger partial charge in [-0.25, -0.2) is 9.59 Å². The Morgan fingerprint density at radius 2 is 1.87 bits per heavy atom. The maximum Gasteiger partial charge on any atom is 0.336 e. The lowest BCUT2D eigenvalue weighted by Crippen LogP contribution is -2.35. The summed E-state index contributed by atoms with van der Waals surface area (Å²) < 4.78 is 16.2. The third kappa shape index (κ3) is 6.32. The third-order valence-electron chi connectivity index (χ3n) is 4.86. The number of carbonyl (C=O) groups is 2. The molecule has 0 spiro atoms. The van der Waals surface area contributed by atoms with Crippen LogP contribution in [-0.2, 0) is 23.8 Å². The minimum Gasteiger partial charge on any atom is -0.466 e. The fourth-order valence-corrected chi connectivity index (χ4v) is 3.73. The second-order valence-electron chi connectivity index (χ2n) is 7.03. The van der Waals surface area contributed by atoms with E-state index >= 15 is 0 Å². The average molecular weight is 451 g/mol. The van der Waals surface area contributed by atoms with E-state index in [4.69, 9.17) is 25.8 Å². The number of hydrogen-bond donors (Lipinski definition) is 2. The van der Waals surface area contributed by atoms with Crippen molar-refractivity contribution < 1.29 is 23.8 Å². The zero-order chi connectivity index (χ0) is 22.8. The summed E-state index contributed by atoms with van der Waals surface area (Å²) in [5.41, 5.74) is 2.35. The smallest absolute Gasteiger partial charge is 0.336 e. The van der Waals surface area contributed by atoms with E-state index in [-0.39, 0.29) is 13.2 Å². The molecular formula is C23H31ClN2O5. The van der Waals surface area contributed by atoms with Gasteiger partial charge in [-0.3, -0.25) is 0 Å². The van der Waals surface area contributed by atoms with E-state index in [0.29, 0.717) is 46.3 Å². The Kier molecular flexibility index (Phi) is 10.0. The number of carbonyl (C=O) groups excluding carboxylic acids is 2. The quantitative estimate of drug-likeness (QED) is 0.395. The second-order valence-corrected chi connectivity index (χ2v) is 7.43. The van der Waals surface area contributed by atoms with Gasteiger partial charge in [0.25, 0.3) is 0 Å². The van der Waals surface area contributed by atoms with Crippen LogP contribution in [0.5, 0.6) is 0 Å². The number of hydrogen-bond acceptors (Lipinski definition) is 7. The SMILES string of the molecule is CCCNCCOCC1=C(C(=O)OCC)[C@@H](c2ccccc2Cl)C(C(=O)OC)=C(C)N1. The summed E-state index contributed by atoms with van der Waals surface area (Å²) in [7, 11) is 1.31. The molecule has 31 heavy (non-hydrogen) atoms. The summed E-state index contributed by atoms with van der Waals surface area (Å²) in [6.07, 6.45) is 1.04. The van der Waals surface area contributed by atoms with Crippen molar-refractivity contribution in [3.63, 3.8) is 0 Å². The Labute approximate surface area is 188 Å². The molecule has 0 bridgehead atoms. The number of allylic oxidation sites excluding steroid dienone is 1. The zero-order valence-electron chi connectivity index (χ0n) is 18.5. The van der Waals surface area contributed by atoms with E-state index in [1.807, 2.05) is 6.07 Å². The van der Waals surface area contributed by atoms with E-state index in [9.17, 15) is 9.59 Å². The number of esters is 2. The lowest BCUT2D eigenvalue weighted by Gasteiger charge is -2.31. The van der Waals surface area contributed by atoms with Crippen LogP contribution in [0.25, 0.3) is 0 Å². The van der Waals surface area contributed by atoms with Crippen LogP contribution in [0.2, 0.25) is 5.02 Å². The molecule has 0 radical (unpaired) electrons. The number of halogens is 1. The van der Waals surface area contributed by atoms with Crippen molar-refractivity contribution in [2.45, 2.75) is 33.1 Å². The van der Waals surface area contributed by atoms with Gasteiger partial charge in [-0.2, -0.15) is 0 Å². The van der Waals surface area contributed by atoms with Gasteiger partial charge in [-0.1, -0.05) is 36.7 Å². The Morgan fingerprint density at radius 1 is 1.13 bits per heavy atom. The first-order valence-electron chi connectivity index (χ1n) is 10.4. The molecule has 0 amide bonds. The fraction of sp³-hybridized carbons (Fsp3) is 0.478. The molecule has 1 aliphatic heterocycles. The predicted molar refractivity (Wildman–Crippen MR) is 120 cm³/mol. The largest absolute Gasteiger partial charge is 0.466 e. The lowest BCUT2D eigenvalue weighted by molar-refractivity contribution is -0.139. The van der Waals surface area contributed by atoms with Gasteiger partial charge in [0.2, 0.25) is 0 Å². The highest BCUT2D eigenvalue weighted by Gasteiger charge is 2.39. The lowest BCUT2D eigenvalue weighted by atomic mass is 9.80. The third-order valence-corrected chi connectivity index (χ3v) is 5.20. The Balaban J connectivity index is 2.48. The van der Waals surface area contributed by atoms with Crippen molar-refractivity contribution >= 4 is 23.5 Å². The number of ether oxygens (including phenoxy) is 3. The monoisotopic (exact) mass is 450 g/mol. The molecule has 1 aromatic carbocycles. The van der Waals surface area contributed by atoms with E-state index in [1.165, 1.54) is 7.11 Å². The molecule has 0 saturated carbocycles. The van der Waals surface area contributed by atoms with Crippen LogP contribution in [0.3, 0.4) is 0 Å². The molecule has 0 aromatic heterocycles. The number of methoxy groups -OCH3 is 1. The average Bonchev–Trinajstić information content (AvgIpc) is 2.75. The fourth-order valence-electron chi connectivity index (χ4n) is 3.48. The normalized spacial score (nSPS) is 16.2. The van der Waals surface area contributed by atoms with Gasteiger partial charge < -0.3 is 24.8 Å². The molecule has 0 fully saturated rings. The minimum absolute atomic E-state index is 0.161. The molecule has 2 rings (SSSR count). The molecule has 8 heteroatoms. The molecule has 0 unspecified atom stereocenters. The Bertz CT molecular complexity index is 850. The van der Waals surface area contributed by atoms with E-state index < -0.39 is 17.9 Å². The highest BCUT2D eigenvalue weighted by molar-refractivity contribution is 6.31. The molecule has 7 nitrogen and oxygen atoms in total. The first kappa shape index (κ1) is 24.9. The van der Waals surface area contributed by atoms with Gasteiger partial charge in [-0.05, 0) is 38.4 Å². The van der Waals surface area contributed by atoms with Crippen LogP contribution in [0.15, 0.2) is 46.8 Å². The molecular weight excluding hydrogens is 420 g/mol. The summed E-state index contributed by atoms with van der Waals surface area (Å²) >= 11 is 6.48. The molecule has 1 aromatic rings. The maximum absolute atomic E-state index is 13.0. The summed E-state index contributed by atoms with van der Waals surface area (Å²) in [6, 6.07) is 7.12. The van der Waals surface area contributed by atoms with Crippen molar-refractivity contribution in [1.82, 2.24) is 10.6 Å². The van der Waals surface area contributed by atoms with Gasteiger partial charge >= 0.3 is 11.9 Å². The summed E-state index contributed by atoms with van der Waals surface area (Å²) in [5, 5.41) is 6.87. The second kappa shape index (κ2) is 12.5. The highest BCUT2D eigenvalue weighted by Crippen LogP contribution is 2.41. The molecule has 2 N–H and O–H groups in total. The van der Waals surface area contributed by atoms with Crippen LogP contribution >= 0.6 is 11.6 Å². The van der Waals surface area contributed by atoms with Crippen molar-refractivity contribution in [3.05, 3.63) is 57.4 Å². The number of benzene rings is 1. The van der Waals surface area contributed by atoms with Gasteiger partial charge in [-0.15, -0.1) is 0 Å². The van der Waals surface area contributed by atoms with Gasteiger partial charge in [0, 0.05) is 17.3 Å². The maximum atomic E-state index is 13.0. The van der Waals surface area contributed by atoms with E-state index in [1.54, 1.807) is 32.0 Å². The first-order valence-corrected chi connectivity index (χ1v) is 10.8.